The first kappa shape index (κ1) is 21.7. The zero-order valence-corrected chi connectivity index (χ0v) is 16.9. The smallest absolute Gasteiger partial charge is 0.238 e. The van der Waals surface area contributed by atoms with E-state index in [1.54, 1.807) is 19.2 Å². The van der Waals surface area contributed by atoms with Gasteiger partial charge in [-0.3, -0.25) is 9.69 Å². The molecule has 2 aromatic rings. The van der Waals surface area contributed by atoms with Gasteiger partial charge in [-0.2, -0.15) is 0 Å². The summed E-state index contributed by atoms with van der Waals surface area (Å²) in [7, 11) is 1.57. The number of anilines is 1. The van der Waals surface area contributed by atoms with Crippen molar-refractivity contribution in [2.75, 3.05) is 38.7 Å². The molecule has 0 saturated heterocycles. The minimum absolute atomic E-state index is 0.149. The highest BCUT2D eigenvalue weighted by Crippen LogP contribution is 2.22. The summed E-state index contributed by atoms with van der Waals surface area (Å²) >= 11 is 0. The van der Waals surface area contributed by atoms with Gasteiger partial charge in [0.2, 0.25) is 5.91 Å². The number of benzene rings is 2. The number of aryl methyl sites for hydroxylation is 1. The number of carbonyl (C=O) groups is 1. The van der Waals surface area contributed by atoms with Crippen LogP contribution < -0.4 is 14.8 Å². The van der Waals surface area contributed by atoms with Crippen molar-refractivity contribution in [3.63, 3.8) is 0 Å². The van der Waals surface area contributed by atoms with E-state index in [1.807, 2.05) is 55.1 Å². The van der Waals surface area contributed by atoms with Crippen LogP contribution in [0.4, 0.5) is 5.69 Å². The van der Waals surface area contributed by atoms with E-state index in [0.717, 1.165) is 17.7 Å². The van der Waals surface area contributed by atoms with E-state index in [4.69, 9.17) is 9.47 Å². The highest BCUT2D eigenvalue weighted by atomic mass is 16.5. The molecule has 6 heteroatoms. The molecule has 2 rings (SSSR count). The molecule has 0 radical (unpaired) electrons. The normalized spacial score (nSPS) is 11.9. The largest absolute Gasteiger partial charge is 0.495 e. The fourth-order valence-electron chi connectivity index (χ4n) is 2.87. The Balaban J connectivity index is 1.85. The minimum Gasteiger partial charge on any atom is -0.495 e. The summed E-state index contributed by atoms with van der Waals surface area (Å²) in [5, 5.41) is 13.2. The molecule has 2 aromatic carbocycles. The molecule has 0 bridgehead atoms. The molecule has 0 saturated carbocycles. The Morgan fingerprint density at radius 1 is 1.18 bits per heavy atom. The van der Waals surface area contributed by atoms with E-state index in [2.05, 4.69) is 5.32 Å². The van der Waals surface area contributed by atoms with Crippen molar-refractivity contribution in [3.05, 3.63) is 54.1 Å². The molecule has 0 heterocycles. The lowest BCUT2D eigenvalue weighted by molar-refractivity contribution is -0.117. The van der Waals surface area contributed by atoms with Gasteiger partial charge in [0.1, 0.15) is 24.2 Å². The zero-order chi connectivity index (χ0) is 20.4. The minimum atomic E-state index is -0.688. The predicted molar refractivity (Wildman–Crippen MR) is 111 cm³/mol. The maximum Gasteiger partial charge on any atom is 0.238 e. The molecule has 152 valence electrons. The van der Waals surface area contributed by atoms with Crippen LogP contribution in [-0.2, 0) is 4.79 Å². The van der Waals surface area contributed by atoms with Crippen molar-refractivity contribution in [1.82, 2.24) is 4.90 Å². The topological polar surface area (TPSA) is 71.0 Å². The van der Waals surface area contributed by atoms with Gasteiger partial charge in [-0.15, -0.1) is 0 Å². The van der Waals surface area contributed by atoms with Gasteiger partial charge in [-0.05, 0) is 44.2 Å². The molecular formula is C22H30N2O4. The lowest BCUT2D eigenvalue weighted by atomic mass is 10.2. The third-order valence-corrected chi connectivity index (χ3v) is 4.22. The first-order valence-corrected chi connectivity index (χ1v) is 9.54. The van der Waals surface area contributed by atoms with Gasteiger partial charge in [-0.1, -0.05) is 36.8 Å². The Bertz CT molecular complexity index is 734. The van der Waals surface area contributed by atoms with E-state index >= 15 is 0 Å². The number of nitrogens with zero attached hydrogens (tertiary/aromatic N) is 1. The van der Waals surface area contributed by atoms with E-state index in [-0.39, 0.29) is 19.1 Å². The first-order chi connectivity index (χ1) is 13.5. The molecule has 1 amide bonds. The van der Waals surface area contributed by atoms with Crippen LogP contribution in [0.2, 0.25) is 0 Å². The van der Waals surface area contributed by atoms with Gasteiger partial charge < -0.3 is 19.9 Å². The van der Waals surface area contributed by atoms with E-state index in [1.165, 1.54) is 0 Å². The standard InChI is InChI=1S/C22H30N2O4/c1-4-13-24(14-18(25)16-28-19-11-9-17(2)10-12-19)15-22(26)23-20-7-5-6-8-21(20)27-3/h5-12,18,25H,4,13-16H2,1-3H3,(H,23,26). The van der Waals surface area contributed by atoms with Crippen LogP contribution >= 0.6 is 0 Å². The second-order valence-corrected chi connectivity index (χ2v) is 6.76. The molecule has 0 aliphatic heterocycles. The highest BCUT2D eigenvalue weighted by Gasteiger charge is 2.16. The van der Waals surface area contributed by atoms with Crippen LogP contribution in [0.3, 0.4) is 0 Å². The summed E-state index contributed by atoms with van der Waals surface area (Å²) < 4.78 is 10.9. The lowest BCUT2D eigenvalue weighted by Gasteiger charge is -2.24. The number of nitrogens with one attached hydrogen (secondary N) is 1. The molecule has 6 nitrogen and oxygen atoms in total. The Morgan fingerprint density at radius 3 is 2.57 bits per heavy atom. The van der Waals surface area contributed by atoms with Crippen LogP contribution in [0.5, 0.6) is 11.5 Å². The van der Waals surface area contributed by atoms with E-state index in [9.17, 15) is 9.90 Å². The Kier molecular flexibility index (Phi) is 8.78. The molecule has 0 spiro atoms. The zero-order valence-electron chi connectivity index (χ0n) is 16.9. The monoisotopic (exact) mass is 386 g/mol. The van der Waals surface area contributed by atoms with Crippen molar-refractivity contribution in [2.45, 2.75) is 26.4 Å². The summed E-state index contributed by atoms with van der Waals surface area (Å²) in [6, 6.07) is 15.0. The summed E-state index contributed by atoms with van der Waals surface area (Å²) in [4.78, 5) is 14.4. The summed E-state index contributed by atoms with van der Waals surface area (Å²) in [5.41, 5.74) is 1.79. The van der Waals surface area contributed by atoms with Gasteiger partial charge >= 0.3 is 0 Å². The maximum absolute atomic E-state index is 12.4. The summed E-state index contributed by atoms with van der Waals surface area (Å²) in [6.07, 6.45) is 0.194. The number of amides is 1. The second kappa shape index (κ2) is 11.3. The van der Waals surface area contributed by atoms with Crippen LogP contribution in [0, 0.1) is 6.92 Å². The van der Waals surface area contributed by atoms with Crippen LogP contribution in [0.1, 0.15) is 18.9 Å². The number of hydrogen-bond acceptors (Lipinski definition) is 5. The lowest BCUT2D eigenvalue weighted by Crippen LogP contribution is -2.40. The number of hydrogen-bond donors (Lipinski definition) is 2. The Hall–Kier alpha value is -2.57. The molecule has 2 N–H and O–H groups in total. The number of ether oxygens (including phenoxy) is 2. The number of methoxy groups -OCH3 is 1. The van der Waals surface area contributed by atoms with Crippen molar-refractivity contribution >= 4 is 11.6 Å². The molecule has 0 aliphatic carbocycles. The average molecular weight is 386 g/mol. The van der Waals surface area contributed by atoms with E-state index < -0.39 is 6.10 Å². The summed E-state index contributed by atoms with van der Waals surface area (Å²) in [6.45, 7) is 5.49. The molecule has 0 aliphatic rings. The van der Waals surface area contributed by atoms with Gasteiger partial charge in [0.25, 0.3) is 0 Å². The summed E-state index contributed by atoms with van der Waals surface area (Å²) in [5.74, 6) is 1.19. The van der Waals surface area contributed by atoms with Crippen LogP contribution in [0.15, 0.2) is 48.5 Å². The highest BCUT2D eigenvalue weighted by molar-refractivity contribution is 5.93. The van der Waals surface area contributed by atoms with Gasteiger partial charge in [0.05, 0.1) is 19.3 Å². The van der Waals surface area contributed by atoms with Crippen molar-refractivity contribution in [2.24, 2.45) is 0 Å². The van der Waals surface area contributed by atoms with Crippen molar-refractivity contribution in [1.29, 1.82) is 0 Å². The number of para-hydroxylation sites is 2. The molecule has 1 unspecified atom stereocenters. The number of aliphatic hydroxyl groups is 1. The second-order valence-electron chi connectivity index (χ2n) is 6.76. The molecular weight excluding hydrogens is 356 g/mol. The fraction of sp³-hybridized carbons (Fsp3) is 0.409. The average Bonchev–Trinajstić information content (AvgIpc) is 2.68. The fourth-order valence-corrected chi connectivity index (χ4v) is 2.87. The maximum atomic E-state index is 12.4. The van der Waals surface area contributed by atoms with E-state index in [0.29, 0.717) is 24.5 Å². The molecule has 28 heavy (non-hydrogen) atoms. The molecule has 0 fully saturated rings. The molecule has 1 atom stereocenters. The number of rotatable bonds is 11. The SMILES string of the molecule is CCCN(CC(=O)Nc1ccccc1OC)CC(O)COc1ccc(C)cc1. The quantitative estimate of drug-likeness (QED) is 0.621. The van der Waals surface area contributed by atoms with Gasteiger partial charge in [0, 0.05) is 6.54 Å². The van der Waals surface area contributed by atoms with Crippen molar-refractivity contribution in [3.8, 4) is 11.5 Å². The Labute approximate surface area is 167 Å². The van der Waals surface area contributed by atoms with Crippen LogP contribution in [-0.4, -0.2) is 55.4 Å². The molecule has 0 aromatic heterocycles. The van der Waals surface area contributed by atoms with Crippen LogP contribution in [0.25, 0.3) is 0 Å². The third-order valence-electron chi connectivity index (χ3n) is 4.22. The first-order valence-electron chi connectivity index (χ1n) is 9.54. The van der Waals surface area contributed by atoms with Crippen molar-refractivity contribution < 1.29 is 19.4 Å². The number of carbonyl (C=O) groups excluding carboxylic acids is 1. The van der Waals surface area contributed by atoms with Gasteiger partial charge in [-0.25, -0.2) is 0 Å². The Morgan fingerprint density at radius 2 is 1.89 bits per heavy atom. The predicted octanol–water partition coefficient (Wildman–Crippen LogP) is 3.09. The van der Waals surface area contributed by atoms with Gasteiger partial charge in [0.15, 0.2) is 0 Å². The number of aliphatic hydroxyl groups excluding tert-OH is 1. The third kappa shape index (κ3) is 7.21.